The van der Waals surface area contributed by atoms with Crippen molar-refractivity contribution in [1.82, 2.24) is 9.97 Å². The van der Waals surface area contributed by atoms with E-state index in [0.717, 1.165) is 73.0 Å². The van der Waals surface area contributed by atoms with Crippen LogP contribution < -0.4 is 9.13 Å². The highest BCUT2D eigenvalue weighted by Crippen LogP contribution is 2.40. The molecule has 0 aliphatic heterocycles. The molecule has 3 heterocycles. The van der Waals surface area contributed by atoms with E-state index in [4.69, 9.17) is 9.79 Å². The van der Waals surface area contributed by atoms with Gasteiger partial charge in [-0.1, -0.05) is 67.8 Å². The molecule has 56 heavy (non-hydrogen) atoms. The predicted octanol–water partition coefficient (Wildman–Crippen LogP) is 8.40. The molecule has 6 aromatic rings. The summed E-state index contributed by atoms with van der Waals surface area (Å²) in [7, 11) is -6.53. The van der Waals surface area contributed by atoms with E-state index < -0.39 is 38.6 Å². The Morgan fingerprint density at radius 1 is 0.554 bits per heavy atom. The standard InChI is InChI=1S/C42H42F2N4O6P2/c1-47-21-16-33(17-22-47)31-8-12-35(13-9-31)39-28-40(46-42(45-39)41-37(43)26-30(27-38(41)44)29-56(52,53)54)36-14-10-32(11-15-36)34-18-23-48(24-19-34)20-6-4-2-3-5-7-25-55(49,50)51/h8-19,21-24,26-28H,2-7,20,25,29H2,1H3,(H2-2,49,50,51,52,53,54)/p+2. The highest BCUT2D eigenvalue weighted by Gasteiger charge is 2.22. The third-order valence-electron chi connectivity index (χ3n) is 9.45. The Hall–Kier alpha value is -4.80. The van der Waals surface area contributed by atoms with Crippen molar-refractivity contribution >= 4 is 15.2 Å². The molecule has 4 N–H and O–H groups in total. The fourth-order valence-corrected chi connectivity index (χ4v) is 7.80. The molecule has 14 heteroatoms. The van der Waals surface area contributed by atoms with Gasteiger partial charge in [0.05, 0.1) is 23.1 Å². The van der Waals surface area contributed by atoms with Crippen LogP contribution >= 0.6 is 15.2 Å². The summed E-state index contributed by atoms with van der Waals surface area (Å²) in [6.07, 6.45) is 12.5. The average molecular weight is 801 g/mol. The van der Waals surface area contributed by atoms with Crippen LogP contribution in [0.2, 0.25) is 0 Å². The molecule has 3 aromatic carbocycles. The summed E-state index contributed by atoms with van der Waals surface area (Å²) < 4.78 is 57.7. The lowest BCUT2D eigenvalue weighted by Gasteiger charge is -2.12. The summed E-state index contributed by atoms with van der Waals surface area (Å²) >= 11 is 0. The van der Waals surface area contributed by atoms with Gasteiger partial charge >= 0.3 is 15.2 Å². The first-order valence-corrected chi connectivity index (χ1v) is 21.9. The molecule has 10 nitrogen and oxygen atoms in total. The van der Waals surface area contributed by atoms with Crippen LogP contribution in [0.1, 0.15) is 44.1 Å². The van der Waals surface area contributed by atoms with Crippen molar-refractivity contribution in [3.05, 3.63) is 133 Å². The van der Waals surface area contributed by atoms with Gasteiger partial charge in [-0.2, -0.15) is 0 Å². The monoisotopic (exact) mass is 800 g/mol. The number of aromatic nitrogens is 4. The lowest BCUT2D eigenvalue weighted by molar-refractivity contribution is -0.697. The fraction of sp³-hybridized carbons (Fsp3) is 0.238. The highest BCUT2D eigenvalue weighted by molar-refractivity contribution is 7.51. The molecule has 0 spiro atoms. The molecule has 0 aliphatic rings. The smallest absolute Gasteiger partial charge is 0.324 e. The van der Waals surface area contributed by atoms with Gasteiger partial charge in [-0.05, 0) is 58.9 Å². The van der Waals surface area contributed by atoms with Crippen LogP contribution in [0.4, 0.5) is 8.78 Å². The van der Waals surface area contributed by atoms with Crippen LogP contribution in [-0.2, 0) is 28.9 Å². The van der Waals surface area contributed by atoms with Gasteiger partial charge in [-0.25, -0.2) is 27.9 Å². The molecule has 0 atom stereocenters. The molecule has 0 aliphatic carbocycles. The normalized spacial score (nSPS) is 11.9. The number of halogens is 2. The summed E-state index contributed by atoms with van der Waals surface area (Å²) in [5.41, 5.74) is 5.57. The lowest BCUT2D eigenvalue weighted by atomic mass is 10.0. The van der Waals surface area contributed by atoms with E-state index in [-0.39, 0.29) is 17.5 Å². The molecule has 6 rings (SSSR count). The van der Waals surface area contributed by atoms with Gasteiger partial charge < -0.3 is 19.6 Å². The zero-order valence-corrected chi connectivity index (χ0v) is 32.7. The second-order valence-electron chi connectivity index (χ2n) is 14.0. The van der Waals surface area contributed by atoms with Crippen LogP contribution in [-0.4, -0.2) is 35.7 Å². The molecule has 0 amide bonds. The summed E-state index contributed by atoms with van der Waals surface area (Å²) in [6.45, 7) is 0.863. The van der Waals surface area contributed by atoms with Gasteiger partial charge in [0.25, 0.3) is 0 Å². The minimum absolute atomic E-state index is 0.0462. The number of benzene rings is 3. The van der Waals surface area contributed by atoms with E-state index in [1.165, 1.54) is 0 Å². The van der Waals surface area contributed by atoms with E-state index in [2.05, 4.69) is 14.5 Å². The average Bonchev–Trinajstić information content (AvgIpc) is 3.15. The molecule has 290 valence electrons. The van der Waals surface area contributed by atoms with Gasteiger partial charge in [0.1, 0.15) is 25.2 Å². The number of unbranched alkanes of at least 4 members (excludes halogenated alkanes) is 5. The van der Waals surface area contributed by atoms with Gasteiger partial charge in [-0.15, -0.1) is 0 Å². The van der Waals surface area contributed by atoms with Crippen LogP contribution in [0.5, 0.6) is 0 Å². The zero-order chi connectivity index (χ0) is 39.9. The topological polar surface area (TPSA) is 149 Å². The minimum Gasteiger partial charge on any atom is -0.324 e. The molecular weight excluding hydrogens is 756 g/mol. The minimum atomic E-state index is -4.57. The van der Waals surface area contributed by atoms with Gasteiger partial charge in [0, 0.05) is 48.0 Å². The zero-order valence-electron chi connectivity index (χ0n) is 30.9. The maximum atomic E-state index is 15.6. The van der Waals surface area contributed by atoms with E-state index in [1.807, 2.05) is 109 Å². The largest absolute Gasteiger partial charge is 0.329 e. The van der Waals surface area contributed by atoms with Gasteiger partial charge in [0.2, 0.25) is 0 Å². The Bertz CT molecular complexity index is 2350. The van der Waals surface area contributed by atoms with Crippen molar-refractivity contribution in [2.24, 2.45) is 7.05 Å². The number of nitrogens with zero attached hydrogens (tertiary/aromatic N) is 4. The lowest BCUT2D eigenvalue weighted by Crippen LogP contribution is -2.32. The van der Waals surface area contributed by atoms with Crippen molar-refractivity contribution in [2.45, 2.75) is 51.2 Å². The van der Waals surface area contributed by atoms with Gasteiger partial charge in [-0.3, -0.25) is 9.13 Å². The first-order valence-electron chi connectivity index (χ1n) is 18.3. The Morgan fingerprint density at radius 2 is 0.982 bits per heavy atom. The highest BCUT2D eigenvalue weighted by atomic mass is 31.2. The quantitative estimate of drug-likeness (QED) is 0.0434. The summed E-state index contributed by atoms with van der Waals surface area (Å²) in [5.74, 6) is -2.26. The number of hydrogen-bond acceptors (Lipinski definition) is 4. The predicted molar refractivity (Wildman–Crippen MR) is 211 cm³/mol. The van der Waals surface area contributed by atoms with Gasteiger partial charge in [0.15, 0.2) is 30.6 Å². The summed E-state index contributed by atoms with van der Waals surface area (Å²) in [5, 5.41) is 0. The Balaban J connectivity index is 1.22. The van der Waals surface area contributed by atoms with Crippen molar-refractivity contribution in [3.8, 4) is 56.2 Å². The van der Waals surface area contributed by atoms with Crippen LogP contribution in [0.3, 0.4) is 0 Å². The number of aryl methyl sites for hydroxylation is 2. The molecule has 0 fully saturated rings. The Labute approximate surface area is 324 Å². The maximum absolute atomic E-state index is 15.6. The van der Waals surface area contributed by atoms with Crippen molar-refractivity contribution in [3.63, 3.8) is 0 Å². The SMILES string of the molecule is C[n+]1ccc(-c2ccc(-c3cc(-c4ccc(-c5cc[n+](CCCCCCCCP(=O)(O)O)cc5)cc4)nc(-c4c(F)cc(CP(=O)(O)O)cc4F)n3)cc2)cc1. The Kier molecular flexibility index (Phi) is 13.1. The number of pyridine rings is 2. The van der Waals surface area contributed by atoms with Crippen molar-refractivity contribution in [1.29, 1.82) is 0 Å². The van der Waals surface area contributed by atoms with E-state index in [0.29, 0.717) is 28.9 Å². The van der Waals surface area contributed by atoms with E-state index in [9.17, 15) is 18.9 Å². The van der Waals surface area contributed by atoms with Crippen LogP contribution in [0, 0.1) is 11.6 Å². The molecule has 3 aromatic heterocycles. The number of hydrogen-bond donors (Lipinski definition) is 4. The number of rotatable bonds is 16. The Morgan fingerprint density at radius 3 is 1.46 bits per heavy atom. The van der Waals surface area contributed by atoms with Crippen molar-refractivity contribution in [2.75, 3.05) is 6.16 Å². The summed E-state index contributed by atoms with van der Waals surface area (Å²) in [6, 6.07) is 27.0. The fourth-order valence-electron chi connectivity index (χ4n) is 6.50. The van der Waals surface area contributed by atoms with Crippen molar-refractivity contribution < 1.29 is 46.6 Å². The molecule has 0 saturated carbocycles. The molecule has 0 bridgehead atoms. The molecule has 0 saturated heterocycles. The first kappa shape index (κ1) is 40.9. The van der Waals surface area contributed by atoms with E-state index >= 15 is 8.78 Å². The maximum Gasteiger partial charge on any atom is 0.329 e. The van der Waals surface area contributed by atoms with Crippen LogP contribution in [0.25, 0.3) is 56.2 Å². The second-order valence-corrected chi connectivity index (χ2v) is 17.4. The second kappa shape index (κ2) is 18.0. The molecule has 0 unspecified atom stereocenters. The third kappa shape index (κ3) is 11.4. The third-order valence-corrected chi connectivity index (χ3v) is 11.1. The summed E-state index contributed by atoms with van der Waals surface area (Å²) in [4.78, 5) is 45.9. The molecular formula is C42H44F2N4O6P2+2. The molecule has 0 radical (unpaired) electrons. The van der Waals surface area contributed by atoms with E-state index in [1.54, 1.807) is 6.07 Å². The van der Waals surface area contributed by atoms with Crippen LogP contribution in [0.15, 0.2) is 116 Å². The first-order chi connectivity index (χ1) is 26.7.